The highest BCUT2D eigenvalue weighted by atomic mass is 79.9. The molecule has 1 rings (SSSR count). The molecule has 0 aliphatic heterocycles. The number of aliphatic hydroxyl groups is 1. The molecule has 0 aliphatic rings. The van der Waals surface area contributed by atoms with Crippen molar-refractivity contribution in [3.05, 3.63) is 28.7 Å². The van der Waals surface area contributed by atoms with Gasteiger partial charge in [0.05, 0.1) is 6.10 Å². The van der Waals surface area contributed by atoms with E-state index in [1.807, 2.05) is 18.2 Å². The maximum Gasteiger partial charge on any atom is 0.260 e. The van der Waals surface area contributed by atoms with Gasteiger partial charge in [0.25, 0.3) is 5.91 Å². The van der Waals surface area contributed by atoms with E-state index in [2.05, 4.69) is 15.9 Å². The largest absolute Gasteiger partial charge is 0.484 e. The van der Waals surface area contributed by atoms with Gasteiger partial charge in [-0.3, -0.25) is 4.79 Å². The highest BCUT2D eigenvalue weighted by molar-refractivity contribution is 9.10. The number of hydrogen-bond donors (Lipinski definition) is 1. The quantitative estimate of drug-likeness (QED) is 0.874. The summed E-state index contributed by atoms with van der Waals surface area (Å²) in [7, 11) is 1.70. The average molecular weight is 316 g/mol. The van der Waals surface area contributed by atoms with Gasteiger partial charge in [0.1, 0.15) is 5.75 Å². The summed E-state index contributed by atoms with van der Waals surface area (Å²) in [5.74, 6) is 0.553. The smallest absolute Gasteiger partial charge is 0.260 e. The number of ether oxygens (including phenoxy) is 1. The van der Waals surface area contributed by atoms with E-state index in [4.69, 9.17) is 9.84 Å². The fraction of sp³-hybridized carbons (Fsp3) is 0.462. The molecule has 0 saturated heterocycles. The molecule has 1 aromatic rings. The zero-order chi connectivity index (χ0) is 13.5. The standard InChI is InChI=1S/C13H18BrNO3/c1-10(16)6-7-15(2)13(17)9-18-12-5-3-4-11(14)8-12/h3-5,8,10,16H,6-7,9H2,1-2H3. The van der Waals surface area contributed by atoms with Gasteiger partial charge in [0, 0.05) is 18.1 Å². The van der Waals surface area contributed by atoms with Crippen molar-refractivity contribution in [2.75, 3.05) is 20.2 Å². The minimum atomic E-state index is -0.397. The lowest BCUT2D eigenvalue weighted by atomic mass is 10.3. The van der Waals surface area contributed by atoms with E-state index >= 15 is 0 Å². The Morgan fingerprint density at radius 3 is 2.89 bits per heavy atom. The second-order valence-electron chi connectivity index (χ2n) is 4.20. The van der Waals surface area contributed by atoms with Gasteiger partial charge >= 0.3 is 0 Å². The molecular weight excluding hydrogens is 298 g/mol. The van der Waals surface area contributed by atoms with Crippen LogP contribution in [0.25, 0.3) is 0 Å². The topological polar surface area (TPSA) is 49.8 Å². The summed E-state index contributed by atoms with van der Waals surface area (Å²) in [5, 5.41) is 9.15. The number of carbonyl (C=O) groups excluding carboxylic acids is 1. The second-order valence-corrected chi connectivity index (χ2v) is 5.11. The summed E-state index contributed by atoms with van der Waals surface area (Å²) in [6, 6.07) is 7.35. The summed E-state index contributed by atoms with van der Waals surface area (Å²) < 4.78 is 6.30. The maximum atomic E-state index is 11.7. The Hall–Kier alpha value is -1.07. The second kappa shape index (κ2) is 7.38. The monoisotopic (exact) mass is 315 g/mol. The molecule has 1 aromatic carbocycles. The van der Waals surface area contributed by atoms with Crippen molar-refractivity contribution in [2.45, 2.75) is 19.4 Å². The molecular formula is C13H18BrNO3. The van der Waals surface area contributed by atoms with Crippen LogP contribution in [0.2, 0.25) is 0 Å². The fourth-order valence-corrected chi connectivity index (χ4v) is 1.70. The Balaban J connectivity index is 2.36. The van der Waals surface area contributed by atoms with Crippen LogP contribution in [0.4, 0.5) is 0 Å². The number of carbonyl (C=O) groups is 1. The number of likely N-dealkylation sites (N-methyl/N-ethyl adjacent to an activating group) is 1. The Bertz CT molecular complexity index is 396. The molecule has 4 nitrogen and oxygen atoms in total. The van der Waals surface area contributed by atoms with Gasteiger partial charge in [-0.25, -0.2) is 0 Å². The summed E-state index contributed by atoms with van der Waals surface area (Å²) in [4.78, 5) is 13.3. The zero-order valence-electron chi connectivity index (χ0n) is 10.6. The maximum absolute atomic E-state index is 11.7. The third-order valence-corrected chi connectivity index (χ3v) is 2.96. The van der Waals surface area contributed by atoms with Gasteiger partial charge in [-0.1, -0.05) is 22.0 Å². The van der Waals surface area contributed by atoms with Crippen LogP contribution < -0.4 is 4.74 Å². The van der Waals surface area contributed by atoms with Crippen LogP contribution in [0.1, 0.15) is 13.3 Å². The Morgan fingerprint density at radius 1 is 1.56 bits per heavy atom. The molecule has 5 heteroatoms. The first-order chi connectivity index (χ1) is 8.49. The summed E-state index contributed by atoms with van der Waals surface area (Å²) in [5.41, 5.74) is 0. The van der Waals surface area contributed by atoms with Crippen LogP contribution >= 0.6 is 15.9 Å². The van der Waals surface area contributed by atoms with Crippen LogP contribution in [0, 0.1) is 0 Å². The average Bonchev–Trinajstić information content (AvgIpc) is 2.33. The normalized spacial score (nSPS) is 12.0. The van der Waals surface area contributed by atoms with E-state index in [1.54, 1.807) is 24.9 Å². The van der Waals surface area contributed by atoms with E-state index < -0.39 is 6.10 Å². The first-order valence-corrected chi connectivity index (χ1v) is 6.58. The minimum absolute atomic E-state index is 0.00671. The van der Waals surface area contributed by atoms with Crippen molar-refractivity contribution in [1.82, 2.24) is 4.90 Å². The van der Waals surface area contributed by atoms with Crippen LogP contribution in [-0.4, -0.2) is 42.2 Å². The van der Waals surface area contributed by atoms with Gasteiger partial charge in [0.2, 0.25) is 0 Å². The highest BCUT2D eigenvalue weighted by Gasteiger charge is 2.10. The molecule has 18 heavy (non-hydrogen) atoms. The predicted octanol–water partition coefficient (Wildman–Crippen LogP) is 2.06. The van der Waals surface area contributed by atoms with Crippen molar-refractivity contribution in [3.63, 3.8) is 0 Å². The molecule has 1 atom stereocenters. The molecule has 1 amide bonds. The van der Waals surface area contributed by atoms with Crippen LogP contribution in [0.3, 0.4) is 0 Å². The van der Waals surface area contributed by atoms with Crippen LogP contribution in [0.15, 0.2) is 28.7 Å². The molecule has 1 N–H and O–H groups in total. The SMILES string of the molecule is CC(O)CCN(C)C(=O)COc1cccc(Br)c1. The van der Waals surface area contributed by atoms with Crippen molar-refractivity contribution in [3.8, 4) is 5.75 Å². The van der Waals surface area contributed by atoms with Gasteiger partial charge < -0.3 is 14.7 Å². The van der Waals surface area contributed by atoms with E-state index in [0.717, 1.165) is 4.47 Å². The van der Waals surface area contributed by atoms with Gasteiger partial charge in [-0.05, 0) is 31.5 Å². The molecule has 0 fully saturated rings. The van der Waals surface area contributed by atoms with E-state index in [1.165, 1.54) is 0 Å². The minimum Gasteiger partial charge on any atom is -0.484 e. The highest BCUT2D eigenvalue weighted by Crippen LogP contribution is 2.17. The van der Waals surface area contributed by atoms with Crippen molar-refractivity contribution < 1.29 is 14.6 Å². The number of hydrogen-bond acceptors (Lipinski definition) is 3. The number of amides is 1. The number of rotatable bonds is 6. The molecule has 0 aliphatic carbocycles. The fourth-order valence-electron chi connectivity index (χ4n) is 1.32. The van der Waals surface area contributed by atoms with E-state index in [9.17, 15) is 4.79 Å². The summed E-state index contributed by atoms with van der Waals surface area (Å²) >= 11 is 3.34. The molecule has 0 radical (unpaired) electrons. The Labute approximate surface area is 116 Å². The van der Waals surface area contributed by atoms with Crippen molar-refractivity contribution in [2.24, 2.45) is 0 Å². The first-order valence-electron chi connectivity index (χ1n) is 5.79. The van der Waals surface area contributed by atoms with Gasteiger partial charge in [-0.15, -0.1) is 0 Å². The van der Waals surface area contributed by atoms with Crippen molar-refractivity contribution >= 4 is 21.8 Å². The van der Waals surface area contributed by atoms with E-state index in [0.29, 0.717) is 18.7 Å². The molecule has 0 heterocycles. The predicted molar refractivity (Wildman–Crippen MR) is 73.6 cm³/mol. The zero-order valence-corrected chi connectivity index (χ0v) is 12.2. The molecule has 0 saturated carbocycles. The number of halogens is 1. The van der Waals surface area contributed by atoms with Gasteiger partial charge in [-0.2, -0.15) is 0 Å². The van der Waals surface area contributed by atoms with Crippen LogP contribution in [0.5, 0.6) is 5.75 Å². The summed E-state index contributed by atoms with van der Waals surface area (Å²) in [6.45, 7) is 2.24. The number of benzene rings is 1. The lowest BCUT2D eigenvalue weighted by Crippen LogP contribution is -2.33. The van der Waals surface area contributed by atoms with Crippen molar-refractivity contribution in [1.29, 1.82) is 0 Å². The third-order valence-electron chi connectivity index (χ3n) is 2.47. The first kappa shape index (κ1) is 15.0. The van der Waals surface area contributed by atoms with E-state index in [-0.39, 0.29) is 12.5 Å². The molecule has 0 spiro atoms. The Kier molecular flexibility index (Phi) is 6.15. The van der Waals surface area contributed by atoms with Crippen LogP contribution in [-0.2, 0) is 4.79 Å². The summed E-state index contributed by atoms with van der Waals surface area (Å²) in [6.07, 6.45) is 0.172. The molecule has 0 bridgehead atoms. The molecule has 1 unspecified atom stereocenters. The number of aliphatic hydroxyl groups excluding tert-OH is 1. The Morgan fingerprint density at radius 2 is 2.28 bits per heavy atom. The molecule has 100 valence electrons. The van der Waals surface area contributed by atoms with Gasteiger partial charge in [0.15, 0.2) is 6.61 Å². The lowest BCUT2D eigenvalue weighted by Gasteiger charge is -2.18. The lowest BCUT2D eigenvalue weighted by molar-refractivity contribution is -0.132. The third kappa shape index (κ3) is 5.51. The number of nitrogens with zero attached hydrogens (tertiary/aromatic N) is 1. The molecule has 0 aromatic heterocycles.